The van der Waals surface area contributed by atoms with E-state index in [1.807, 2.05) is 70.2 Å². The Morgan fingerprint density at radius 2 is 1.18 bits per heavy atom. The molecule has 0 radical (unpaired) electrons. The molecule has 0 aliphatic heterocycles. The summed E-state index contributed by atoms with van der Waals surface area (Å²) in [5.41, 5.74) is 6.22. The number of hydrogen-bond acceptors (Lipinski definition) is 5. The lowest BCUT2D eigenvalue weighted by Crippen LogP contribution is -2.32. The molecule has 60 heavy (non-hydrogen) atoms. The standard InChI is InChI=1S/C17H24N2O3.C11H13F3.C11H14O2.C11H16/c1-5-13(4)14-6-8-15(9-7-14)19-17(21)18-10-11-22-16(20)12(2)3;1-3-8(2)9-4-6-10(7-5-9)11(12,13)14;1-3-9(2)13-11(12)10-7-5-4-6-8-10;1-4-9(2)11-8-6-5-7-10(11)3/h6-9,13H,2,5,10-11H2,1,3-4H3,(H2,18,19,21);4-8H,3H2,1-2H3;4-9H,3H2,1-2H3;5-9H,4H2,1-3H3. The van der Waals surface area contributed by atoms with Crippen molar-refractivity contribution in [1.29, 1.82) is 0 Å². The molecule has 0 saturated heterocycles. The topological polar surface area (TPSA) is 93.7 Å². The highest BCUT2D eigenvalue weighted by Gasteiger charge is 2.30. The van der Waals surface area contributed by atoms with Gasteiger partial charge in [0, 0.05) is 11.3 Å². The average Bonchev–Trinajstić information content (AvgIpc) is 3.25. The summed E-state index contributed by atoms with van der Waals surface area (Å²) in [6.45, 7) is 24.3. The molecule has 2 amide bonds. The minimum atomic E-state index is -4.23. The van der Waals surface area contributed by atoms with Crippen LogP contribution in [0.5, 0.6) is 0 Å². The molecule has 328 valence electrons. The SMILES string of the molecule is C=C(C)C(=O)OCCNC(=O)Nc1ccc(C(C)CC)cc1.CCC(C)OC(=O)c1ccccc1.CCC(C)c1ccc(C(F)(F)F)cc1.CCC(C)c1ccccc1C. The molecule has 4 rings (SSSR count). The van der Waals surface area contributed by atoms with Crippen LogP contribution in [-0.4, -0.2) is 37.2 Å². The number of alkyl halides is 3. The summed E-state index contributed by atoms with van der Waals surface area (Å²) in [5.74, 6) is 0.831. The average molecular weight is 833 g/mol. The second-order valence-electron chi connectivity index (χ2n) is 14.8. The predicted molar refractivity (Wildman–Crippen MR) is 240 cm³/mol. The van der Waals surface area contributed by atoms with Gasteiger partial charge in [-0.25, -0.2) is 14.4 Å². The van der Waals surface area contributed by atoms with Crippen LogP contribution in [0.15, 0.2) is 115 Å². The highest BCUT2D eigenvalue weighted by Crippen LogP contribution is 2.30. The van der Waals surface area contributed by atoms with Crippen molar-refractivity contribution in [1.82, 2.24) is 5.32 Å². The van der Waals surface area contributed by atoms with Crippen LogP contribution in [0.25, 0.3) is 0 Å². The van der Waals surface area contributed by atoms with Gasteiger partial charge in [0.05, 0.1) is 23.8 Å². The molecule has 0 aliphatic carbocycles. The Labute approximate surface area is 357 Å². The second-order valence-corrected chi connectivity index (χ2v) is 14.8. The summed E-state index contributed by atoms with van der Waals surface area (Å²) in [4.78, 5) is 34.2. The largest absolute Gasteiger partial charge is 0.460 e. The number of anilines is 1. The third kappa shape index (κ3) is 20.5. The quantitative estimate of drug-likeness (QED) is 0.0750. The Balaban J connectivity index is 0.000000415. The van der Waals surface area contributed by atoms with Gasteiger partial charge in [0.25, 0.3) is 0 Å². The molecular weight excluding hydrogens is 766 g/mol. The van der Waals surface area contributed by atoms with E-state index in [9.17, 15) is 27.6 Å². The molecule has 0 bridgehead atoms. The van der Waals surface area contributed by atoms with Crippen LogP contribution in [0, 0.1) is 6.92 Å². The maximum absolute atomic E-state index is 12.2. The summed E-state index contributed by atoms with van der Waals surface area (Å²) >= 11 is 0. The van der Waals surface area contributed by atoms with Crippen LogP contribution in [0.3, 0.4) is 0 Å². The van der Waals surface area contributed by atoms with Gasteiger partial charge in [0.1, 0.15) is 6.61 Å². The molecule has 4 aromatic carbocycles. The maximum Gasteiger partial charge on any atom is 0.416 e. The number of nitrogens with one attached hydrogen (secondary N) is 2. The number of carbonyl (C=O) groups excluding carboxylic acids is 3. The van der Waals surface area contributed by atoms with E-state index in [1.165, 1.54) is 23.1 Å². The minimum Gasteiger partial charge on any atom is -0.460 e. The number of carbonyl (C=O) groups is 3. The third-order valence-corrected chi connectivity index (χ3v) is 9.96. The monoisotopic (exact) mass is 833 g/mol. The molecule has 0 heterocycles. The van der Waals surface area contributed by atoms with E-state index >= 15 is 0 Å². The molecule has 0 saturated carbocycles. The van der Waals surface area contributed by atoms with Gasteiger partial charge in [0.15, 0.2) is 0 Å². The smallest absolute Gasteiger partial charge is 0.416 e. The van der Waals surface area contributed by atoms with Crippen LogP contribution in [0.4, 0.5) is 23.7 Å². The van der Waals surface area contributed by atoms with Crippen LogP contribution in [0.1, 0.15) is 144 Å². The fourth-order valence-electron chi connectivity index (χ4n) is 5.24. The number of halogens is 3. The second kappa shape index (κ2) is 28.2. The molecule has 7 nitrogen and oxygen atoms in total. The highest BCUT2D eigenvalue weighted by molar-refractivity contribution is 5.90. The van der Waals surface area contributed by atoms with Crippen molar-refractivity contribution < 1.29 is 37.0 Å². The molecule has 0 aromatic heterocycles. The number of amides is 2. The van der Waals surface area contributed by atoms with E-state index in [0.717, 1.165) is 42.6 Å². The molecule has 0 spiro atoms. The van der Waals surface area contributed by atoms with Gasteiger partial charge >= 0.3 is 24.1 Å². The fraction of sp³-hybridized carbons (Fsp3) is 0.420. The van der Waals surface area contributed by atoms with Crippen molar-refractivity contribution in [2.24, 2.45) is 0 Å². The number of benzene rings is 4. The van der Waals surface area contributed by atoms with Gasteiger partial charge in [0.2, 0.25) is 0 Å². The van der Waals surface area contributed by atoms with Gasteiger partial charge < -0.3 is 20.1 Å². The molecule has 0 aliphatic rings. The van der Waals surface area contributed by atoms with Gasteiger partial charge in [-0.3, -0.25) is 0 Å². The first-order valence-corrected chi connectivity index (χ1v) is 20.8. The van der Waals surface area contributed by atoms with Crippen molar-refractivity contribution in [3.63, 3.8) is 0 Å². The van der Waals surface area contributed by atoms with Gasteiger partial charge in [-0.2, -0.15) is 13.2 Å². The Bertz CT molecular complexity index is 1840. The van der Waals surface area contributed by atoms with Crippen LogP contribution in [0.2, 0.25) is 0 Å². The summed E-state index contributed by atoms with van der Waals surface area (Å²) < 4.78 is 46.6. The third-order valence-electron chi connectivity index (χ3n) is 9.96. The number of esters is 2. The zero-order valence-electron chi connectivity index (χ0n) is 37.2. The molecule has 10 heteroatoms. The zero-order valence-corrected chi connectivity index (χ0v) is 37.2. The molecular formula is C50H67F3N2O5. The van der Waals surface area contributed by atoms with E-state index in [1.54, 1.807) is 31.2 Å². The van der Waals surface area contributed by atoms with Crippen molar-refractivity contribution in [2.75, 3.05) is 18.5 Å². The lowest BCUT2D eigenvalue weighted by molar-refractivity contribution is -0.139. The van der Waals surface area contributed by atoms with Gasteiger partial charge in [-0.05, 0) is 123 Å². The predicted octanol–water partition coefficient (Wildman–Crippen LogP) is 13.8. The highest BCUT2D eigenvalue weighted by atomic mass is 19.4. The van der Waals surface area contributed by atoms with Crippen LogP contribution < -0.4 is 10.6 Å². The fourth-order valence-corrected chi connectivity index (χ4v) is 5.24. The van der Waals surface area contributed by atoms with E-state index < -0.39 is 17.7 Å². The summed E-state index contributed by atoms with van der Waals surface area (Å²) in [6.07, 6.45) is -0.147. The number of hydrogen-bond donors (Lipinski definition) is 2. The minimum absolute atomic E-state index is 0.00675. The Morgan fingerprint density at radius 1 is 0.683 bits per heavy atom. The lowest BCUT2D eigenvalue weighted by atomic mass is 9.95. The number of aryl methyl sites for hydroxylation is 1. The van der Waals surface area contributed by atoms with Gasteiger partial charge in [-0.15, -0.1) is 0 Å². The summed E-state index contributed by atoms with van der Waals surface area (Å²) in [5, 5.41) is 5.35. The molecule has 4 unspecified atom stereocenters. The van der Waals surface area contributed by atoms with E-state index in [0.29, 0.717) is 28.9 Å². The van der Waals surface area contributed by atoms with Crippen LogP contribution in [-0.2, 0) is 20.4 Å². The van der Waals surface area contributed by atoms with Crippen molar-refractivity contribution in [3.05, 3.63) is 149 Å². The van der Waals surface area contributed by atoms with Crippen molar-refractivity contribution in [2.45, 2.75) is 125 Å². The number of rotatable bonds is 14. The van der Waals surface area contributed by atoms with E-state index in [2.05, 4.69) is 76.1 Å². The van der Waals surface area contributed by atoms with E-state index in [4.69, 9.17) is 9.47 Å². The maximum atomic E-state index is 12.2. The van der Waals surface area contributed by atoms with Crippen LogP contribution >= 0.6 is 0 Å². The lowest BCUT2D eigenvalue weighted by Gasteiger charge is -2.11. The molecule has 4 aromatic rings. The Kier molecular flexibility index (Phi) is 24.7. The normalized spacial score (nSPS) is 12.5. The Morgan fingerprint density at radius 3 is 1.65 bits per heavy atom. The molecule has 4 atom stereocenters. The van der Waals surface area contributed by atoms with E-state index in [-0.39, 0.29) is 31.3 Å². The van der Waals surface area contributed by atoms with Crippen molar-refractivity contribution in [3.8, 4) is 0 Å². The summed E-state index contributed by atoms with van der Waals surface area (Å²) in [7, 11) is 0. The van der Waals surface area contributed by atoms with Gasteiger partial charge in [-0.1, -0.05) is 122 Å². The summed E-state index contributed by atoms with van der Waals surface area (Å²) in [6, 6.07) is 30.5. The molecule has 0 fully saturated rings. The molecule has 2 N–H and O–H groups in total. The Hall–Kier alpha value is -5.38. The number of urea groups is 1. The number of ether oxygens (including phenoxy) is 2. The first-order chi connectivity index (χ1) is 28.4. The zero-order chi connectivity index (χ0) is 45.3. The first kappa shape index (κ1) is 52.6. The van der Waals surface area contributed by atoms with Crippen molar-refractivity contribution >= 4 is 23.7 Å². The first-order valence-electron chi connectivity index (χ1n) is 20.8.